The second-order valence-corrected chi connectivity index (χ2v) is 11.4. The smallest absolute Gasteiger partial charge is 0.415 e. The van der Waals surface area contributed by atoms with Crippen LogP contribution in [0.1, 0.15) is 25.5 Å². The number of carbonyl (C=O) groups excluding carboxylic acids is 1. The molecule has 5 N–H and O–H groups in total. The molecule has 2 aromatic carbocycles. The van der Waals surface area contributed by atoms with Crippen LogP contribution in [0.2, 0.25) is 0 Å². The lowest BCUT2D eigenvalue weighted by Gasteiger charge is -2.22. The van der Waals surface area contributed by atoms with Crippen LogP contribution < -0.4 is 41.0 Å². The Hall–Kier alpha value is -7.32. The molecule has 5 aromatic rings. The molecule has 0 unspecified atom stereocenters. The molecule has 56 heavy (non-hydrogen) atoms. The number of H-pyrrole nitrogens is 1. The Morgan fingerprint density at radius 3 is 1.96 bits per heavy atom. The van der Waals surface area contributed by atoms with Gasteiger partial charge in [-0.2, -0.15) is 19.9 Å². The van der Waals surface area contributed by atoms with Crippen molar-refractivity contribution in [3.05, 3.63) is 104 Å². The summed E-state index contributed by atoms with van der Waals surface area (Å²) >= 11 is 0. The van der Waals surface area contributed by atoms with E-state index in [-0.39, 0.29) is 82.9 Å². The molecule has 2 aliphatic heterocycles. The average molecular weight is 779 g/mol. The molecule has 0 fully saturated rings. The number of aromatic nitrogens is 6. The number of hydrogen-bond donors (Lipinski definition) is 3. The zero-order valence-corrected chi connectivity index (χ0v) is 28.9. The van der Waals surface area contributed by atoms with Gasteiger partial charge in [-0.25, -0.2) is 18.4 Å². The number of imidazole rings is 1. The monoisotopic (exact) mass is 778 g/mol. The van der Waals surface area contributed by atoms with Crippen LogP contribution in [0.5, 0.6) is 23.5 Å². The maximum Gasteiger partial charge on any atom is 0.415 e. The molecule has 8 bridgehead atoms. The molecule has 0 saturated carbocycles. The summed E-state index contributed by atoms with van der Waals surface area (Å²) in [6.07, 6.45) is 5.65. The lowest BCUT2D eigenvalue weighted by atomic mass is 10.2. The molecule has 7 rings (SSSR count). The first-order chi connectivity index (χ1) is 26.5. The van der Waals surface area contributed by atoms with Crippen molar-refractivity contribution in [2.45, 2.75) is 27.4 Å². The summed E-state index contributed by atoms with van der Waals surface area (Å²) in [5.74, 6) is -1.77. The second-order valence-electron chi connectivity index (χ2n) is 11.4. The lowest BCUT2D eigenvalue weighted by Crippen LogP contribution is -2.33. The van der Waals surface area contributed by atoms with Crippen LogP contribution in [0.25, 0.3) is 11.2 Å². The SMILES string of the molecule is C.CCOC(=O)N1Cc2ccc(F)c(c2)OC/C=C\COc2nc(N)c([N+](=O)[O-])c1n2.Nc1nc2nc3c1[nH]c(=O)n3Cc1ccc(F)c(c1)OC/C=C\CO2. The molecule has 0 radical (unpaired) electrons. The van der Waals surface area contributed by atoms with Gasteiger partial charge in [0.05, 0.1) is 24.6 Å². The summed E-state index contributed by atoms with van der Waals surface area (Å²) < 4.78 is 55.9. The highest BCUT2D eigenvalue weighted by atomic mass is 19.1. The highest BCUT2D eigenvalue weighted by Crippen LogP contribution is 2.34. The number of halogens is 2. The first kappa shape index (κ1) is 39.9. The summed E-state index contributed by atoms with van der Waals surface area (Å²) in [6, 6.07) is 8.21. The Morgan fingerprint density at radius 1 is 0.857 bits per heavy atom. The number of nitrogens with two attached hydrogens (primary N) is 2. The van der Waals surface area contributed by atoms with Crippen molar-refractivity contribution in [3.8, 4) is 23.5 Å². The standard InChI is InChI=1S/C18H18FN5O6.C16H14FN5O3.CH4/c1-2-28-18(25)23-10-11-5-6-12(19)13(9-11)29-7-3-4-8-30-17-21-15(20)14(24(26)27)16(23)22-17;17-10-4-3-9-7-11(10)24-5-1-2-6-25-15-20-13(18)12-14(21-15)22(8-9)16(23)19-12;/h3-6,9H,2,7-8,10H2,1H3,(H2,20,21,22);1-4,7H,5-6,8H2,(H,19,23)(H2,18,20,21);1H4/b4-3-;2-1-;. The van der Waals surface area contributed by atoms with Gasteiger partial charge in [0.2, 0.25) is 11.6 Å². The third-order valence-electron chi connectivity index (χ3n) is 7.72. The summed E-state index contributed by atoms with van der Waals surface area (Å²) in [5, 5.41) is 11.6. The van der Waals surface area contributed by atoms with E-state index in [1.165, 1.54) is 28.8 Å². The van der Waals surface area contributed by atoms with Crippen molar-refractivity contribution in [1.29, 1.82) is 0 Å². The molecule has 5 heterocycles. The van der Waals surface area contributed by atoms with E-state index in [0.717, 1.165) is 4.90 Å². The van der Waals surface area contributed by atoms with Gasteiger partial charge < -0.3 is 40.1 Å². The zero-order valence-electron chi connectivity index (χ0n) is 28.9. The third kappa shape index (κ3) is 9.06. The molecular weight excluding hydrogens is 742 g/mol. The molecule has 3 aromatic heterocycles. The second kappa shape index (κ2) is 17.7. The summed E-state index contributed by atoms with van der Waals surface area (Å²) in [7, 11) is 0. The van der Waals surface area contributed by atoms with Crippen LogP contribution in [-0.4, -0.2) is 73.5 Å². The highest BCUT2D eigenvalue weighted by Gasteiger charge is 2.32. The molecule has 0 aliphatic carbocycles. The number of nitro groups is 1. The molecule has 294 valence electrons. The quantitative estimate of drug-likeness (QED) is 0.127. The first-order valence-electron chi connectivity index (χ1n) is 16.4. The molecule has 2 aliphatic rings. The molecule has 0 saturated heterocycles. The van der Waals surface area contributed by atoms with E-state index in [4.69, 9.17) is 35.2 Å². The normalized spacial score (nSPS) is 14.7. The van der Waals surface area contributed by atoms with E-state index in [1.807, 2.05) is 0 Å². The molecule has 19 nitrogen and oxygen atoms in total. The van der Waals surface area contributed by atoms with Gasteiger partial charge in [-0.15, -0.1) is 0 Å². The van der Waals surface area contributed by atoms with Gasteiger partial charge in [0, 0.05) is 0 Å². The van der Waals surface area contributed by atoms with Crippen molar-refractivity contribution in [3.63, 3.8) is 0 Å². The van der Waals surface area contributed by atoms with Crippen molar-refractivity contribution in [1.82, 2.24) is 29.5 Å². The largest absolute Gasteiger partial charge is 0.486 e. The van der Waals surface area contributed by atoms with Gasteiger partial charge >= 0.3 is 29.5 Å². The van der Waals surface area contributed by atoms with Crippen LogP contribution in [0.3, 0.4) is 0 Å². The summed E-state index contributed by atoms with van der Waals surface area (Å²) in [4.78, 5) is 55.3. The molecule has 21 heteroatoms. The predicted octanol–water partition coefficient (Wildman–Crippen LogP) is 4.45. The highest BCUT2D eigenvalue weighted by molar-refractivity contribution is 5.90. The maximum absolute atomic E-state index is 14.0. The predicted molar refractivity (Wildman–Crippen MR) is 198 cm³/mol. The van der Waals surface area contributed by atoms with Gasteiger partial charge in [-0.3, -0.25) is 19.6 Å². The minimum absolute atomic E-state index is 0. The Morgan fingerprint density at radius 2 is 1.39 bits per heavy atom. The number of hydrogen-bond acceptors (Lipinski definition) is 15. The number of nitrogen functional groups attached to an aromatic ring is 2. The number of ether oxygens (including phenoxy) is 5. The van der Waals surface area contributed by atoms with Crippen LogP contribution in [0, 0.1) is 21.7 Å². The van der Waals surface area contributed by atoms with Gasteiger partial charge in [-0.05, 0) is 66.6 Å². The van der Waals surface area contributed by atoms with Crippen LogP contribution >= 0.6 is 0 Å². The van der Waals surface area contributed by atoms with Crippen LogP contribution in [0.4, 0.5) is 36.7 Å². The summed E-state index contributed by atoms with van der Waals surface area (Å²) in [5.41, 5.74) is 12.3. The number of nitrogens with one attached hydrogen (secondary N) is 1. The lowest BCUT2D eigenvalue weighted by molar-refractivity contribution is -0.383. The topological polar surface area (TPSA) is 251 Å². The molecule has 0 spiro atoms. The van der Waals surface area contributed by atoms with Gasteiger partial charge in [-0.1, -0.05) is 19.6 Å². The number of rotatable bonds is 2. The number of anilines is 3. The van der Waals surface area contributed by atoms with Crippen molar-refractivity contribution in [2.75, 3.05) is 49.4 Å². The Labute approximate surface area is 316 Å². The van der Waals surface area contributed by atoms with Gasteiger partial charge in [0.15, 0.2) is 34.6 Å². The van der Waals surface area contributed by atoms with Crippen molar-refractivity contribution >= 4 is 40.4 Å². The number of fused-ring (bicyclic) bond motifs is 7. The fraction of sp³-hybridized carbons (Fsp3) is 0.257. The van der Waals surface area contributed by atoms with Crippen LogP contribution in [0.15, 0.2) is 65.5 Å². The molecular formula is C35H36F2N10O9. The van der Waals surface area contributed by atoms with E-state index in [9.17, 15) is 28.5 Å². The number of amides is 1. The van der Waals surface area contributed by atoms with Gasteiger partial charge in [0.25, 0.3) is 0 Å². The van der Waals surface area contributed by atoms with Gasteiger partial charge in [0.1, 0.15) is 31.9 Å². The Bertz CT molecular complexity index is 2370. The van der Waals surface area contributed by atoms with E-state index < -0.39 is 45.7 Å². The Kier molecular flexibility index (Phi) is 12.6. The Balaban J connectivity index is 0.000000213. The fourth-order valence-electron chi connectivity index (χ4n) is 5.21. The molecule has 1 amide bonds. The number of carbonyl (C=O) groups is 1. The van der Waals surface area contributed by atoms with Crippen molar-refractivity contribution in [2.24, 2.45) is 0 Å². The number of aromatic amines is 1. The zero-order chi connectivity index (χ0) is 39.1. The molecule has 0 atom stereocenters. The minimum Gasteiger partial charge on any atom is -0.486 e. The maximum atomic E-state index is 14.0. The third-order valence-corrected chi connectivity index (χ3v) is 7.72. The van der Waals surface area contributed by atoms with E-state index in [2.05, 4.69) is 24.9 Å². The first-order valence-corrected chi connectivity index (χ1v) is 16.4. The van der Waals surface area contributed by atoms with Crippen LogP contribution in [-0.2, 0) is 17.8 Å². The van der Waals surface area contributed by atoms with E-state index in [0.29, 0.717) is 22.3 Å². The average Bonchev–Trinajstić information content (AvgIpc) is 3.46. The number of benzene rings is 2. The van der Waals surface area contributed by atoms with E-state index in [1.54, 1.807) is 43.4 Å². The number of nitrogens with zero attached hydrogens (tertiary/aromatic N) is 7. The fourth-order valence-corrected chi connectivity index (χ4v) is 5.21. The minimum atomic E-state index is -0.913. The summed E-state index contributed by atoms with van der Waals surface area (Å²) in [6.45, 7) is 1.95. The van der Waals surface area contributed by atoms with Crippen molar-refractivity contribution < 1.29 is 42.2 Å². The van der Waals surface area contributed by atoms with E-state index >= 15 is 0 Å².